The summed E-state index contributed by atoms with van der Waals surface area (Å²) >= 11 is 5.57. The van der Waals surface area contributed by atoms with E-state index in [9.17, 15) is 14.4 Å². The van der Waals surface area contributed by atoms with Gasteiger partial charge < -0.3 is 22.1 Å². The third-order valence-corrected chi connectivity index (χ3v) is 4.61. The molecule has 1 amide bonds. The Morgan fingerprint density at radius 1 is 1.17 bits per heavy atom. The fourth-order valence-corrected chi connectivity index (χ4v) is 3.13. The number of hydrogen-bond donors (Lipinski definition) is 3. The summed E-state index contributed by atoms with van der Waals surface area (Å²) in [6.07, 6.45) is 1.60. The molecule has 0 unspecified atom stereocenters. The standard InChI is InChI=1S/C20H30ClN5O3/c1-2-11-26(19(29)15(22)12-14-7-4-3-5-8-14)16(18(28)17(27)13-21)9-6-10-25-20(23)24/h3-5,7-8,15-16H,2,6,9-13,22H2,1H3,(H4,23,24,25)/t15-,16-/m0/s1. The molecular weight excluding hydrogens is 394 g/mol. The van der Waals surface area contributed by atoms with Crippen molar-refractivity contribution in [3.8, 4) is 0 Å². The van der Waals surface area contributed by atoms with Gasteiger partial charge in [0.15, 0.2) is 5.96 Å². The Morgan fingerprint density at radius 3 is 2.38 bits per heavy atom. The number of hydrogen-bond acceptors (Lipinski definition) is 5. The summed E-state index contributed by atoms with van der Waals surface area (Å²) in [4.78, 5) is 43.0. The van der Waals surface area contributed by atoms with Crippen LogP contribution in [0, 0.1) is 0 Å². The molecule has 0 aliphatic heterocycles. The van der Waals surface area contributed by atoms with Gasteiger partial charge in [-0.2, -0.15) is 0 Å². The number of ketones is 2. The molecule has 1 rings (SSSR count). The van der Waals surface area contributed by atoms with E-state index in [2.05, 4.69) is 4.99 Å². The Labute approximate surface area is 176 Å². The number of aliphatic imine (C=N–C) groups is 1. The first kappa shape index (κ1) is 24.6. The van der Waals surface area contributed by atoms with E-state index in [1.54, 1.807) is 0 Å². The molecule has 6 N–H and O–H groups in total. The van der Waals surface area contributed by atoms with Crippen molar-refractivity contribution in [3.05, 3.63) is 35.9 Å². The van der Waals surface area contributed by atoms with Crippen LogP contribution in [0.2, 0.25) is 0 Å². The number of guanidine groups is 1. The van der Waals surface area contributed by atoms with E-state index in [0.29, 0.717) is 25.8 Å². The summed E-state index contributed by atoms with van der Waals surface area (Å²) in [6, 6.07) is 7.60. The Kier molecular flexibility index (Phi) is 10.9. The number of carbonyl (C=O) groups excluding carboxylic acids is 3. The maximum absolute atomic E-state index is 13.1. The van der Waals surface area contributed by atoms with Gasteiger partial charge >= 0.3 is 0 Å². The average Bonchev–Trinajstić information content (AvgIpc) is 2.71. The predicted octanol–water partition coefficient (Wildman–Crippen LogP) is 0.594. The first-order valence-electron chi connectivity index (χ1n) is 9.60. The molecular formula is C20H30ClN5O3. The Morgan fingerprint density at radius 2 is 1.83 bits per heavy atom. The maximum Gasteiger partial charge on any atom is 0.240 e. The van der Waals surface area contributed by atoms with Crippen molar-refractivity contribution in [2.45, 2.75) is 44.7 Å². The Hall–Kier alpha value is -2.45. The maximum atomic E-state index is 13.1. The van der Waals surface area contributed by atoms with Crippen molar-refractivity contribution < 1.29 is 14.4 Å². The van der Waals surface area contributed by atoms with Gasteiger partial charge in [-0.25, -0.2) is 0 Å². The van der Waals surface area contributed by atoms with Crippen molar-refractivity contribution in [1.82, 2.24) is 4.90 Å². The van der Waals surface area contributed by atoms with Gasteiger partial charge in [-0.1, -0.05) is 37.3 Å². The van der Waals surface area contributed by atoms with Crippen LogP contribution in [0.1, 0.15) is 31.7 Å². The molecule has 29 heavy (non-hydrogen) atoms. The SMILES string of the molecule is CCCN(C(=O)[C@@H](N)Cc1ccccc1)[C@@H](CCCN=C(N)N)C(=O)C(=O)CCl. The van der Waals surface area contributed by atoms with Crippen LogP contribution in [-0.4, -0.2) is 59.4 Å². The first-order valence-corrected chi connectivity index (χ1v) is 10.1. The molecule has 0 spiro atoms. The number of Topliss-reactive ketones (excluding diaryl/α,β-unsaturated/α-hetero) is 2. The van der Waals surface area contributed by atoms with Gasteiger partial charge in [-0.3, -0.25) is 19.4 Å². The molecule has 0 bridgehead atoms. The molecule has 0 saturated heterocycles. The molecule has 1 aromatic rings. The third-order valence-electron chi connectivity index (χ3n) is 4.37. The zero-order chi connectivity index (χ0) is 21.8. The lowest BCUT2D eigenvalue weighted by Crippen LogP contribution is -2.54. The second-order valence-corrected chi connectivity index (χ2v) is 6.98. The highest BCUT2D eigenvalue weighted by Crippen LogP contribution is 2.14. The van der Waals surface area contributed by atoms with Crippen molar-refractivity contribution in [2.24, 2.45) is 22.2 Å². The van der Waals surface area contributed by atoms with Crippen LogP contribution >= 0.6 is 11.6 Å². The number of nitrogens with two attached hydrogens (primary N) is 3. The van der Waals surface area contributed by atoms with E-state index < -0.39 is 29.5 Å². The van der Waals surface area contributed by atoms with Gasteiger partial charge in [-0.15, -0.1) is 11.6 Å². The van der Waals surface area contributed by atoms with E-state index in [1.807, 2.05) is 37.3 Å². The third kappa shape index (κ3) is 8.21. The minimum absolute atomic E-state index is 0.0592. The topological polar surface area (TPSA) is 145 Å². The monoisotopic (exact) mass is 423 g/mol. The molecule has 0 radical (unpaired) electrons. The quantitative estimate of drug-likeness (QED) is 0.139. The van der Waals surface area contributed by atoms with E-state index in [4.69, 9.17) is 28.8 Å². The summed E-state index contributed by atoms with van der Waals surface area (Å²) in [7, 11) is 0. The zero-order valence-corrected chi connectivity index (χ0v) is 17.5. The highest BCUT2D eigenvalue weighted by molar-refractivity contribution is 6.48. The van der Waals surface area contributed by atoms with Gasteiger partial charge in [-0.05, 0) is 31.2 Å². The number of carbonyl (C=O) groups is 3. The van der Waals surface area contributed by atoms with Crippen LogP contribution < -0.4 is 17.2 Å². The normalized spacial score (nSPS) is 12.7. The van der Waals surface area contributed by atoms with Gasteiger partial charge in [0.2, 0.25) is 17.5 Å². The highest BCUT2D eigenvalue weighted by Gasteiger charge is 2.34. The van der Waals surface area contributed by atoms with Gasteiger partial charge in [0.1, 0.15) is 0 Å². The number of nitrogens with zero attached hydrogens (tertiary/aromatic N) is 2. The number of benzene rings is 1. The molecule has 9 heteroatoms. The second-order valence-electron chi connectivity index (χ2n) is 6.71. The van der Waals surface area contributed by atoms with Crippen molar-refractivity contribution in [1.29, 1.82) is 0 Å². The molecule has 2 atom stereocenters. The summed E-state index contributed by atoms with van der Waals surface area (Å²) < 4.78 is 0. The molecule has 0 heterocycles. The van der Waals surface area contributed by atoms with Crippen LogP contribution in [0.15, 0.2) is 35.3 Å². The minimum atomic E-state index is -0.940. The fraction of sp³-hybridized carbons (Fsp3) is 0.500. The number of rotatable bonds is 13. The first-order chi connectivity index (χ1) is 13.8. The van der Waals surface area contributed by atoms with E-state index in [1.165, 1.54) is 4.90 Å². The Bertz CT molecular complexity index is 707. The number of alkyl halides is 1. The van der Waals surface area contributed by atoms with Gasteiger partial charge in [0.25, 0.3) is 0 Å². The summed E-state index contributed by atoms with van der Waals surface area (Å²) in [5.41, 5.74) is 17.7. The van der Waals surface area contributed by atoms with E-state index in [-0.39, 0.29) is 24.8 Å². The second kappa shape index (κ2) is 12.9. The minimum Gasteiger partial charge on any atom is -0.370 e. The average molecular weight is 424 g/mol. The largest absolute Gasteiger partial charge is 0.370 e. The van der Waals surface area contributed by atoms with Gasteiger partial charge in [0.05, 0.1) is 18.0 Å². The molecule has 0 saturated carbocycles. The van der Waals surface area contributed by atoms with Crippen LogP contribution in [0.3, 0.4) is 0 Å². The predicted molar refractivity (Wildman–Crippen MR) is 115 cm³/mol. The lowest BCUT2D eigenvalue weighted by Gasteiger charge is -2.32. The number of amides is 1. The smallest absolute Gasteiger partial charge is 0.240 e. The molecule has 0 fully saturated rings. The number of halogens is 1. The van der Waals surface area contributed by atoms with Crippen molar-refractivity contribution in [2.75, 3.05) is 19.0 Å². The lowest BCUT2D eigenvalue weighted by molar-refractivity contribution is -0.145. The Balaban J connectivity index is 3.01. The van der Waals surface area contributed by atoms with E-state index >= 15 is 0 Å². The highest BCUT2D eigenvalue weighted by atomic mass is 35.5. The van der Waals surface area contributed by atoms with Crippen LogP contribution in [-0.2, 0) is 20.8 Å². The molecule has 0 aromatic heterocycles. The fourth-order valence-electron chi connectivity index (χ4n) is 3.00. The molecule has 1 aromatic carbocycles. The van der Waals surface area contributed by atoms with Crippen LogP contribution in [0.25, 0.3) is 0 Å². The molecule has 8 nitrogen and oxygen atoms in total. The van der Waals surface area contributed by atoms with Crippen molar-refractivity contribution in [3.63, 3.8) is 0 Å². The van der Waals surface area contributed by atoms with Gasteiger partial charge in [0, 0.05) is 13.1 Å². The molecule has 0 aliphatic carbocycles. The van der Waals surface area contributed by atoms with E-state index in [0.717, 1.165) is 5.56 Å². The summed E-state index contributed by atoms with van der Waals surface area (Å²) in [6.45, 7) is 2.47. The van der Waals surface area contributed by atoms with Crippen LogP contribution in [0.5, 0.6) is 0 Å². The molecule has 0 aliphatic rings. The summed E-state index contributed by atoms with van der Waals surface area (Å²) in [5.74, 6) is -2.30. The van der Waals surface area contributed by atoms with Crippen molar-refractivity contribution >= 4 is 35.0 Å². The van der Waals surface area contributed by atoms with Crippen LogP contribution in [0.4, 0.5) is 0 Å². The lowest BCUT2D eigenvalue weighted by atomic mass is 9.99. The summed E-state index contributed by atoms with van der Waals surface area (Å²) in [5, 5.41) is 0. The molecule has 160 valence electrons. The zero-order valence-electron chi connectivity index (χ0n) is 16.7.